The first-order valence-corrected chi connectivity index (χ1v) is 11.7. The number of nitrogen functional groups attached to an aromatic ring is 1. The number of aromatic nitrogens is 5. The van der Waals surface area contributed by atoms with Gasteiger partial charge >= 0.3 is 0 Å². The highest BCUT2D eigenvalue weighted by molar-refractivity contribution is 7.99. The molecule has 3 aromatic heterocycles. The summed E-state index contributed by atoms with van der Waals surface area (Å²) >= 11 is 1.44. The maximum atomic E-state index is 13.0. The number of rotatable bonds is 5. The van der Waals surface area contributed by atoms with Gasteiger partial charge in [-0.3, -0.25) is 9.78 Å². The lowest BCUT2D eigenvalue weighted by Crippen LogP contribution is -2.15. The molecule has 172 valence electrons. The number of carbonyl (C=O) groups excluding carboxylic acids is 1. The Labute approximate surface area is 200 Å². The predicted octanol–water partition coefficient (Wildman–Crippen LogP) is 3.61. The van der Waals surface area contributed by atoms with Crippen molar-refractivity contribution in [2.24, 2.45) is 0 Å². The van der Waals surface area contributed by atoms with Crippen molar-refractivity contribution in [3.05, 3.63) is 64.6 Å². The Bertz CT molecular complexity index is 1450. The van der Waals surface area contributed by atoms with Gasteiger partial charge in [0, 0.05) is 34.3 Å². The summed E-state index contributed by atoms with van der Waals surface area (Å²) in [5, 5.41) is 9.20. The van der Waals surface area contributed by atoms with Crippen molar-refractivity contribution < 1.29 is 9.53 Å². The van der Waals surface area contributed by atoms with E-state index in [2.05, 4.69) is 20.3 Å². The van der Waals surface area contributed by atoms with Crippen LogP contribution in [-0.4, -0.2) is 43.5 Å². The van der Waals surface area contributed by atoms with Gasteiger partial charge in [0.2, 0.25) is 5.95 Å². The van der Waals surface area contributed by atoms with Gasteiger partial charge in [-0.05, 0) is 32.1 Å². The van der Waals surface area contributed by atoms with Gasteiger partial charge in [-0.2, -0.15) is 10.1 Å². The lowest BCUT2D eigenvalue weighted by Gasteiger charge is -2.12. The molecule has 0 aliphatic carbocycles. The standard InChI is InChI=1S/C24H23N7O2S/c1-13-10-26-18(14(2)20(13)33-3)11-31-21-19-17(30-31)9-15(12-34-23(19)29-24(25)28-21)22(32)27-16-7-5-4-6-8-16/h4-10H,11-12H2,1-3H3,(H,27,32)(H2,25,28,29). The average Bonchev–Trinajstić information content (AvgIpc) is 3.04. The van der Waals surface area contributed by atoms with Crippen LogP contribution >= 0.6 is 11.8 Å². The highest BCUT2D eigenvalue weighted by atomic mass is 32.2. The van der Waals surface area contributed by atoms with Crippen LogP contribution in [0.1, 0.15) is 22.5 Å². The van der Waals surface area contributed by atoms with Crippen LogP contribution in [-0.2, 0) is 11.3 Å². The lowest BCUT2D eigenvalue weighted by molar-refractivity contribution is -0.112. The number of amides is 1. The van der Waals surface area contributed by atoms with Crippen molar-refractivity contribution in [2.75, 3.05) is 23.9 Å². The molecule has 3 N–H and O–H groups in total. The second kappa shape index (κ2) is 8.79. The Balaban J connectivity index is 1.56. The molecule has 34 heavy (non-hydrogen) atoms. The molecule has 5 rings (SSSR count). The number of pyridine rings is 1. The van der Waals surface area contributed by atoms with Gasteiger partial charge in [0.25, 0.3) is 5.91 Å². The first-order chi connectivity index (χ1) is 16.4. The van der Waals surface area contributed by atoms with Gasteiger partial charge < -0.3 is 15.8 Å². The van der Waals surface area contributed by atoms with E-state index in [-0.39, 0.29) is 11.9 Å². The van der Waals surface area contributed by atoms with Crippen LogP contribution in [0.15, 0.2) is 47.1 Å². The summed E-state index contributed by atoms with van der Waals surface area (Å²) in [6, 6.07) is 9.35. The van der Waals surface area contributed by atoms with E-state index < -0.39 is 0 Å². The van der Waals surface area contributed by atoms with E-state index in [1.54, 1.807) is 24.1 Å². The van der Waals surface area contributed by atoms with Crippen LogP contribution in [0.2, 0.25) is 0 Å². The monoisotopic (exact) mass is 473 g/mol. The number of thioether (sulfide) groups is 1. The van der Waals surface area contributed by atoms with Gasteiger partial charge in [0.05, 0.1) is 30.4 Å². The molecule has 0 saturated carbocycles. The third kappa shape index (κ3) is 3.96. The average molecular weight is 474 g/mol. The molecular formula is C24H23N7O2S. The largest absolute Gasteiger partial charge is 0.496 e. The fraction of sp³-hybridized carbons (Fsp3) is 0.208. The highest BCUT2D eigenvalue weighted by Gasteiger charge is 2.24. The molecule has 1 aromatic carbocycles. The van der Waals surface area contributed by atoms with Crippen LogP contribution in [0, 0.1) is 13.8 Å². The number of anilines is 2. The summed E-state index contributed by atoms with van der Waals surface area (Å²) in [6.07, 6.45) is 3.59. The minimum Gasteiger partial charge on any atom is -0.496 e. The number of para-hydroxylation sites is 1. The van der Waals surface area contributed by atoms with Crippen LogP contribution in [0.3, 0.4) is 0 Å². The molecule has 4 aromatic rings. The first-order valence-electron chi connectivity index (χ1n) is 10.7. The number of methoxy groups -OCH3 is 1. The molecule has 0 bridgehead atoms. The zero-order chi connectivity index (χ0) is 23.8. The minimum absolute atomic E-state index is 0.158. The quantitative estimate of drug-likeness (QED) is 0.422. The predicted molar refractivity (Wildman–Crippen MR) is 133 cm³/mol. The molecule has 10 heteroatoms. The minimum atomic E-state index is -0.184. The number of ether oxygens (including phenoxy) is 1. The number of nitrogens with one attached hydrogen (secondary N) is 1. The van der Waals surface area contributed by atoms with E-state index in [1.807, 2.05) is 44.2 Å². The third-order valence-electron chi connectivity index (χ3n) is 5.65. The number of hydrogen-bond acceptors (Lipinski definition) is 8. The summed E-state index contributed by atoms with van der Waals surface area (Å²) in [7, 11) is 1.65. The van der Waals surface area contributed by atoms with Crippen molar-refractivity contribution in [1.29, 1.82) is 0 Å². The van der Waals surface area contributed by atoms with Gasteiger partial charge in [0.15, 0.2) is 5.65 Å². The molecule has 1 aliphatic rings. The fourth-order valence-electron chi connectivity index (χ4n) is 3.99. The smallest absolute Gasteiger partial charge is 0.252 e. The number of hydrogen-bond donors (Lipinski definition) is 2. The van der Waals surface area contributed by atoms with Gasteiger partial charge in [-0.1, -0.05) is 18.2 Å². The summed E-state index contributed by atoms with van der Waals surface area (Å²) in [6.45, 7) is 4.31. The maximum Gasteiger partial charge on any atom is 0.252 e. The van der Waals surface area contributed by atoms with Crippen LogP contribution in [0.25, 0.3) is 17.1 Å². The first kappa shape index (κ1) is 21.9. The van der Waals surface area contributed by atoms with E-state index in [4.69, 9.17) is 15.6 Å². The number of aryl methyl sites for hydroxylation is 1. The molecule has 0 radical (unpaired) electrons. The van der Waals surface area contributed by atoms with E-state index >= 15 is 0 Å². The Morgan fingerprint density at radius 1 is 1.24 bits per heavy atom. The van der Waals surface area contributed by atoms with E-state index in [0.29, 0.717) is 34.2 Å². The Morgan fingerprint density at radius 2 is 2.03 bits per heavy atom. The van der Waals surface area contributed by atoms with E-state index in [0.717, 1.165) is 33.6 Å². The third-order valence-corrected chi connectivity index (χ3v) is 6.68. The molecule has 1 aliphatic heterocycles. The second-order valence-electron chi connectivity index (χ2n) is 7.95. The lowest BCUT2D eigenvalue weighted by atomic mass is 10.1. The van der Waals surface area contributed by atoms with Crippen LogP contribution in [0.5, 0.6) is 5.75 Å². The topological polar surface area (TPSA) is 121 Å². The normalized spacial score (nSPS) is 12.9. The summed E-state index contributed by atoms with van der Waals surface area (Å²) in [5.41, 5.74) is 11.3. The van der Waals surface area contributed by atoms with Crippen molar-refractivity contribution >= 4 is 46.4 Å². The summed E-state index contributed by atoms with van der Waals surface area (Å²) < 4.78 is 7.30. The van der Waals surface area contributed by atoms with Gasteiger partial charge in [0.1, 0.15) is 10.8 Å². The number of carbonyl (C=O) groups is 1. The molecule has 1 amide bonds. The van der Waals surface area contributed by atoms with E-state index in [9.17, 15) is 4.79 Å². The van der Waals surface area contributed by atoms with Crippen molar-refractivity contribution in [2.45, 2.75) is 25.4 Å². The Morgan fingerprint density at radius 3 is 2.79 bits per heavy atom. The second-order valence-corrected chi connectivity index (χ2v) is 8.92. The SMILES string of the molecule is COc1c(C)cnc(Cn2nc3c4c(nc(N)nc42)SCC(C(=O)Nc2ccccc2)=C3)c1C. The molecule has 0 fully saturated rings. The van der Waals surface area contributed by atoms with E-state index in [1.165, 1.54) is 11.8 Å². The highest BCUT2D eigenvalue weighted by Crippen LogP contribution is 2.35. The van der Waals surface area contributed by atoms with Crippen molar-refractivity contribution in [3.63, 3.8) is 0 Å². The molecular weight excluding hydrogens is 450 g/mol. The zero-order valence-corrected chi connectivity index (χ0v) is 19.8. The van der Waals surface area contributed by atoms with Gasteiger partial charge in [-0.15, -0.1) is 11.8 Å². The van der Waals surface area contributed by atoms with Gasteiger partial charge in [-0.25, -0.2) is 9.67 Å². The Kier molecular flexibility index (Phi) is 5.66. The number of nitrogens with two attached hydrogens (primary N) is 1. The number of nitrogens with zero attached hydrogens (tertiary/aromatic N) is 5. The molecule has 0 atom stereocenters. The van der Waals surface area contributed by atoms with Crippen molar-refractivity contribution in [3.8, 4) is 5.75 Å². The zero-order valence-electron chi connectivity index (χ0n) is 19.0. The van der Waals surface area contributed by atoms with Crippen LogP contribution < -0.4 is 15.8 Å². The Hall–Kier alpha value is -3.92. The summed E-state index contributed by atoms with van der Waals surface area (Å²) in [5.74, 6) is 1.21. The summed E-state index contributed by atoms with van der Waals surface area (Å²) in [4.78, 5) is 26.5. The molecule has 0 unspecified atom stereocenters. The molecule has 0 spiro atoms. The van der Waals surface area contributed by atoms with Crippen molar-refractivity contribution in [1.82, 2.24) is 24.7 Å². The molecule has 4 heterocycles. The molecule has 0 saturated heterocycles. The fourth-order valence-corrected chi connectivity index (χ4v) is 4.99. The van der Waals surface area contributed by atoms with Crippen LogP contribution in [0.4, 0.5) is 11.6 Å². The molecule has 9 nitrogen and oxygen atoms in total. The maximum absolute atomic E-state index is 13.0. The number of benzene rings is 1.